The first-order valence-corrected chi connectivity index (χ1v) is 15.5. The number of nitrogens with zero attached hydrogens (tertiary/aromatic N) is 6. The molecule has 0 spiro atoms. The lowest BCUT2D eigenvalue weighted by atomic mass is 10.1. The summed E-state index contributed by atoms with van der Waals surface area (Å²) in [5.74, 6) is 1.32. The van der Waals surface area contributed by atoms with Gasteiger partial charge in [0.2, 0.25) is 35.7 Å². The predicted molar refractivity (Wildman–Crippen MR) is 185 cm³/mol. The number of hydrogen-bond donors (Lipinski definition) is 12. The van der Waals surface area contributed by atoms with E-state index in [9.17, 15) is 20.4 Å². The molecule has 0 unspecified atom stereocenters. The molecule has 19 nitrogen and oxygen atoms in total. The van der Waals surface area contributed by atoms with Crippen molar-refractivity contribution in [2.75, 3.05) is 97.0 Å². The van der Waals surface area contributed by atoms with Crippen LogP contribution in [-0.2, 0) is 11.2 Å². The molecule has 0 aliphatic rings. The van der Waals surface area contributed by atoms with Crippen LogP contribution in [0.1, 0.15) is 5.56 Å². The molecule has 49 heavy (non-hydrogen) atoms. The van der Waals surface area contributed by atoms with E-state index in [1.165, 1.54) is 0 Å². The molecule has 2 aromatic carbocycles. The molecule has 4 rings (SSSR count). The van der Waals surface area contributed by atoms with Crippen LogP contribution in [0.2, 0.25) is 0 Å². The molecule has 13 N–H and O–H groups in total. The van der Waals surface area contributed by atoms with E-state index < -0.39 is 12.1 Å². The molecule has 0 aliphatic carbocycles. The average molecular weight is 682 g/mol. The van der Waals surface area contributed by atoms with Gasteiger partial charge in [-0.25, -0.2) is 0 Å². The van der Waals surface area contributed by atoms with Crippen LogP contribution >= 0.6 is 0 Å². The zero-order chi connectivity index (χ0) is 34.8. The van der Waals surface area contributed by atoms with Crippen LogP contribution in [0.5, 0.6) is 0 Å². The van der Waals surface area contributed by atoms with E-state index in [2.05, 4.69) is 61.8 Å². The average Bonchev–Trinajstić information content (AvgIpc) is 3.10. The highest BCUT2D eigenvalue weighted by Crippen LogP contribution is 2.20. The van der Waals surface area contributed by atoms with Gasteiger partial charge in [-0.2, -0.15) is 29.9 Å². The van der Waals surface area contributed by atoms with E-state index in [1.807, 2.05) is 30.3 Å². The van der Waals surface area contributed by atoms with Gasteiger partial charge in [-0.05, 0) is 42.3 Å². The maximum absolute atomic E-state index is 9.50. The second-order valence-corrected chi connectivity index (χ2v) is 10.5. The molecule has 2 heterocycles. The summed E-state index contributed by atoms with van der Waals surface area (Å²) >= 11 is 0. The Labute approximate surface area is 282 Å². The predicted octanol–water partition coefficient (Wildman–Crippen LogP) is -0.268. The topological polar surface area (TPSA) is 286 Å². The van der Waals surface area contributed by atoms with Gasteiger partial charge in [0.05, 0.1) is 58.3 Å². The number of aliphatic hydroxyl groups excluding tert-OH is 5. The van der Waals surface area contributed by atoms with Crippen LogP contribution in [0.4, 0.5) is 52.8 Å². The molecule has 0 atom stereocenters. The Morgan fingerprint density at radius 2 is 1.12 bits per heavy atom. The van der Waals surface area contributed by atoms with Crippen molar-refractivity contribution < 1.29 is 30.3 Å². The molecule has 0 fully saturated rings. The smallest absolute Gasteiger partial charge is 0.233 e. The van der Waals surface area contributed by atoms with Crippen LogP contribution in [0, 0.1) is 0 Å². The zero-order valence-electron chi connectivity index (χ0n) is 26.7. The van der Waals surface area contributed by atoms with Gasteiger partial charge < -0.3 is 67.9 Å². The third-order valence-corrected chi connectivity index (χ3v) is 6.63. The van der Waals surface area contributed by atoms with E-state index in [1.54, 1.807) is 18.2 Å². The summed E-state index contributed by atoms with van der Waals surface area (Å²) in [7, 11) is 0. The lowest BCUT2D eigenvalue weighted by Gasteiger charge is -2.16. The number of nitrogens with two attached hydrogens (primary N) is 1. The standard InChI is InChI=1S/C30H43N13O6/c31-20-2-1-3-22(14-20)35-28-38-25(39-29(43-28)36-23(15-45)16-46)32-9-8-19-4-6-21(7-5-19)34-27-40-26(33-10-12-49-13-11-44)41-30(42-27)37-24(17-47)18-48/h1-7,14,23-24,44-48H,8-13,15-18,31H2,(H3,32,35,36,38,39,43)(H3,33,34,37,40,41,42). The van der Waals surface area contributed by atoms with Gasteiger partial charge in [0.15, 0.2) is 0 Å². The number of ether oxygens (including phenoxy) is 1. The first-order valence-electron chi connectivity index (χ1n) is 15.5. The third kappa shape index (κ3) is 12.4. The molecule has 0 radical (unpaired) electrons. The molecular weight excluding hydrogens is 638 g/mol. The fraction of sp³-hybridized carbons (Fsp3) is 0.400. The van der Waals surface area contributed by atoms with E-state index in [0.717, 1.165) is 5.56 Å². The summed E-state index contributed by atoms with van der Waals surface area (Å²) < 4.78 is 5.26. The number of aromatic nitrogens is 6. The van der Waals surface area contributed by atoms with E-state index in [-0.39, 0.29) is 75.3 Å². The quantitative estimate of drug-likeness (QED) is 0.0375. The van der Waals surface area contributed by atoms with Crippen molar-refractivity contribution in [1.29, 1.82) is 0 Å². The van der Waals surface area contributed by atoms with Gasteiger partial charge in [0, 0.05) is 30.2 Å². The second-order valence-electron chi connectivity index (χ2n) is 10.5. The Morgan fingerprint density at radius 3 is 1.67 bits per heavy atom. The highest BCUT2D eigenvalue weighted by molar-refractivity contribution is 5.61. The largest absolute Gasteiger partial charge is 0.399 e. The van der Waals surface area contributed by atoms with E-state index in [0.29, 0.717) is 43.2 Å². The maximum Gasteiger partial charge on any atom is 0.233 e. The third-order valence-electron chi connectivity index (χ3n) is 6.63. The van der Waals surface area contributed by atoms with Gasteiger partial charge in [-0.3, -0.25) is 0 Å². The molecule has 0 amide bonds. The Hall–Kier alpha value is -5.18. The summed E-state index contributed by atoms with van der Waals surface area (Å²) in [5, 5.41) is 65.1. The fourth-order valence-corrected chi connectivity index (χ4v) is 4.16. The Bertz CT molecular complexity index is 1560. The van der Waals surface area contributed by atoms with Gasteiger partial charge in [0.25, 0.3) is 0 Å². The Morgan fingerprint density at radius 1 is 0.592 bits per heavy atom. The van der Waals surface area contributed by atoms with Gasteiger partial charge in [-0.15, -0.1) is 0 Å². The SMILES string of the molecule is Nc1cccc(Nc2nc(NCCc3ccc(Nc4nc(NCCOCCO)nc(NC(CO)CO)n4)cc3)nc(NC(CO)CO)n2)c1. The molecule has 0 saturated carbocycles. The van der Waals surface area contributed by atoms with Crippen LogP contribution in [0.25, 0.3) is 0 Å². The van der Waals surface area contributed by atoms with Gasteiger partial charge >= 0.3 is 0 Å². The minimum Gasteiger partial charge on any atom is -0.399 e. The highest BCUT2D eigenvalue weighted by Gasteiger charge is 2.13. The van der Waals surface area contributed by atoms with Crippen molar-refractivity contribution in [1.82, 2.24) is 29.9 Å². The number of anilines is 9. The van der Waals surface area contributed by atoms with Crippen molar-refractivity contribution >= 4 is 52.8 Å². The van der Waals surface area contributed by atoms with Crippen LogP contribution in [0.15, 0.2) is 48.5 Å². The van der Waals surface area contributed by atoms with Crippen molar-refractivity contribution in [2.45, 2.75) is 18.5 Å². The molecule has 4 aromatic rings. The normalized spacial score (nSPS) is 11.1. The minimum atomic E-state index is -0.659. The van der Waals surface area contributed by atoms with Gasteiger partial charge in [0.1, 0.15) is 0 Å². The van der Waals surface area contributed by atoms with Gasteiger partial charge in [-0.1, -0.05) is 18.2 Å². The monoisotopic (exact) mass is 681 g/mol. The molecule has 0 saturated heterocycles. The lowest BCUT2D eigenvalue weighted by molar-refractivity contribution is 0.0991. The number of aliphatic hydroxyl groups is 5. The Balaban J connectivity index is 1.39. The Kier molecular flexibility index (Phi) is 14.7. The second kappa shape index (κ2) is 19.6. The fourth-order valence-electron chi connectivity index (χ4n) is 4.16. The molecule has 264 valence electrons. The van der Waals surface area contributed by atoms with Crippen molar-refractivity contribution in [2.24, 2.45) is 0 Å². The van der Waals surface area contributed by atoms with Crippen LogP contribution in [-0.4, -0.2) is 127 Å². The number of nitrogen functional groups attached to an aromatic ring is 1. The summed E-state index contributed by atoms with van der Waals surface area (Å²) in [6.45, 7) is 0.0587. The first kappa shape index (κ1) is 36.7. The molecular formula is C30H43N13O6. The highest BCUT2D eigenvalue weighted by atomic mass is 16.5. The lowest BCUT2D eigenvalue weighted by Crippen LogP contribution is -2.29. The zero-order valence-corrected chi connectivity index (χ0v) is 26.7. The molecule has 0 bridgehead atoms. The molecule has 0 aliphatic heterocycles. The number of nitrogens with one attached hydrogen (secondary N) is 6. The maximum atomic E-state index is 9.50. The minimum absolute atomic E-state index is 0.0759. The summed E-state index contributed by atoms with van der Waals surface area (Å²) in [6, 6.07) is 13.4. The summed E-state index contributed by atoms with van der Waals surface area (Å²) in [6.07, 6.45) is 0.624. The van der Waals surface area contributed by atoms with Crippen LogP contribution < -0.4 is 37.6 Å². The molecule has 19 heteroatoms. The van der Waals surface area contributed by atoms with Crippen molar-refractivity contribution in [3.8, 4) is 0 Å². The van der Waals surface area contributed by atoms with Crippen LogP contribution in [0.3, 0.4) is 0 Å². The summed E-state index contributed by atoms with van der Waals surface area (Å²) in [4.78, 5) is 26.2. The summed E-state index contributed by atoms with van der Waals surface area (Å²) in [5.41, 5.74) is 8.86. The first-order chi connectivity index (χ1) is 23.9. The number of hydrogen-bond acceptors (Lipinski definition) is 19. The van der Waals surface area contributed by atoms with E-state index >= 15 is 0 Å². The van der Waals surface area contributed by atoms with Crippen molar-refractivity contribution in [3.05, 3.63) is 54.1 Å². The van der Waals surface area contributed by atoms with Crippen molar-refractivity contribution in [3.63, 3.8) is 0 Å². The van der Waals surface area contributed by atoms with E-state index in [4.69, 9.17) is 15.6 Å². The molecule has 2 aromatic heterocycles. The number of rotatable bonds is 22. The number of benzene rings is 2.